The third kappa shape index (κ3) is 3.74. The van der Waals surface area contributed by atoms with Gasteiger partial charge in [0.2, 0.25) is 11.0 Å². The van der Waals surface area contributed by atoms with Crippen molar-refractivity contribution in [2.24, 2.45) is 5.92 Å². The Hall–Kier alpha value is -2.26. The predicted octanol–water partition coefficient (Wildman–Crippen LogP) is 3.30. The summed E-state index contributed by atoms with van der Waals surface area (Å²) in [6.45, 7) is 5.78. The molecule has 0 aliphatic carbocycles. The van der Waals surface area contributed by atoms with Crippen molar-refractivity contribution >= 4 is 46.0 Å². The van der Waals surface area contributed by atoms with E-state index in [0.717, 1.165) is 15.0 Å². The molecule has 142 valence electrons. The maximum absolute atomic E-state index is 13.0. The number of carbonyl (C=O) groups is 3. The number of anilines is 1. The zero-order chi connectivity index (χ0) is 19.6. The van der Waals surface area contributed by atoms with Gasteiger partial charge in [0.1, 0.15) is 6.04 Å². The number of amides is 3. The van der Waals surface area contributed by atoms with Crippen LogP contribution in [0.5, 0.6) is 0 Å². The van der Waals surface area contributed by atoms with E-state index >= 15 is 0 Å². The Morgan fingerprint density at radius 1 is 1.19 bits per heavy atom. The smallest absolute Gasteiger partial charge is 0.262 e. The van der Waals surface area contributed by atoms with Gasteiger partial charge in [0.05, 0.1) is 11.1 Å². The molecule has 0 radical (unpaired) electrons. The van der Waals surface area contributed by atoms with Crippen molar-refractivity contribution < 1.29 is 14.4 Å². The lowest BCUT2D eigenvalue weighted by atomic mass is 9.96. The van der Waals surface area contributed by atoms with Crippen LogP contribution in [0.3, 0.4) is 0 Å². The van der Waals surface area contributed by atoms with Crippen molar-refractivity contribution in [1.82, 2.24) is 15.1 Å². The fraction of sp³-hybridized carbons (Fsp3) is 0.389. The highest BCUT2D eigenvalue weighted by molar-refractivity contribution is 8.01. The molecule has 0 spiro atoms. The van der Waals surface area contributed by atoms with E-state index in [1.165, 1.54) is 23.1 Å². The second kappa shape index (κ2) is 8.18. The lowest BCUT2D eigenvalue weighted by Gasteiger charge is -2.29. The Kier molecular flexibility index (Phi) is 5.91. The van der Waals surface area contributed by atoms with Gasteiger partial charge in [-0.15, -0.1) is 10.2 Å². The minimum absolute atomic E-state index is 0.204. The highest BCUT2D eigenvalue weighted by Crippen LogP contribution is 2.30. The third-order valence-electron chi connectivity index (χ3n) is 4.46. The highest BCUT2D eigenvalue weighted by atomic mass is 32.2. The number of nitrogens with zero attached hydrogens (tertiary/aromatic N) is 3. The average molecular weight is 405 g/mol. The van der Waals surface area contributed by atoms with Gasteiger partial charge < -0.3 is 0 Å². The maximum atomic E-state index is 13.0. The zero-order valence-electron chi connectivity index (χ0n) is 15.3. The Labute approximate surface area is 165 Å². The summed E-state index contributed by atoms with van der Waals surface area (Å²) in [6.07, 6.45) is 0.637. The predicted molar refractivity (Wildman–Crippen MR) is 105 cm³/mol. The van der Waals surface area contributed by atoms with E-state index < -0.39 is 23.8 Å². The van der Waals surface area contributed by atoms with Crippen LogP contribution in [0.1, 0.15) is 47.9 Å². The lowest BCUT2D eigenvalue weighted by molar-refractivity contribution is -0.121. The Morgan fingerprint density at radius 2 is 1.81 bits per heavy atom. The van der Waals surface area contributed by atoms with Crippen LogP contribution in [0.15, 0.2) is 28.6 Å². The van der Waals surface area contributed by atoms with Crippen LogP contribution in [-0.2, 0) is 4.79 Å². The molecule has 1 aliphatic rings. The molecule has 1 aliphatic heterocycles. The number of fused-ring (bicyclic) bond motifs is 1. The summed E-state index contributed by atoms with van der Waals surface area (Å²) in [7, 11) is 0. The number of thioether (sulfide) groups is 1. The van der Waals surface area contributed by atoms with Crippen molar-refractivity contribution in [3.63, 3.8) is 0 Å². The molecule has 9 heteroatoms. The van der Waals surface area contributed by atoms with Crippen LogP contribution < -0.4 is 5.32 Å². The van der Waals surface area contributed by atoms with E-state index in [1.807, 2.05) is 20.8 Å². The van der Waals surface area contributed by atoms with Crippen LogP contribution in [0.4, 0.5) is 5.13 Å². The average Bonchev–Trinajstić information content (AvgIpc) is 3.20. The Bertz CT molecular complexity index is 848. The topological polar surface area (TPSA) is 92.3 Å². The van der Waals surface area contributed by atoms with Crippen LogP contribution in [0, 0.1) is 5.92 Å². The van der Waals surface area contributed by atoms with Gasteiger partial charge in [0.25, 0.3) is 11.8 Å². The number of benzene rings is 1. The van der Waals surface area contributed by atoms with Gasteiger partial charge in [0.15, 0.2) is 4.34 Å². The summed E-state index contributed by atoms with van der Waals surface area (Å²) in [5.74, 6) is -0.647. The highest BCUT2D eigenvalue weighted by Gasteiger charge is 2.44. The zero-order valence-corrected chi connectivity index (χ0v) is 16.9. The van der Waals surface area contributed by atoms with Gasteiger partial charge >= 0.3 is 0 Å². The quantitative estimate of drug-likeness (QED) is 0.432. The maximum Gasteiger partial charge on any atom is 0.262 e. The molecule has 1 N–H and O–H groups in total. The molecule has 27 heavy (non-hydrogen) atoms. The van der Waals surface area contributed by atoms with Crippen molar-refractivity contribution in [2.75, 3.05) is 11.1 Å². The number of imide groups is 1. The third-order valence-corrected chi connectivity index (χ3v) is 6.31. The number of aromatic nitrogens is 2. The molecule has 0 fully saturated rings. The lowest BCUT2D eigenvalue weighted by Crippen LogP contribution is -2.50. The van der Waals surface area contributed by atoms with E-state index in [9.17, 15) is 14.4 Å². The normalized spacial score (nSPS) is 15.6. The van der Waals surface area contributed by atoms with Crippen molar-refractivity contribution in [2.45, 2.75) is 37.6 Å². The van der Waals surface area contributed by atoms with Crippen LogP contribution in [-0.4, -0.2) is 44.6 Å². The van der Waals surface area contributed by atoms with Crippen LogP contribution >= 0.6 is 23.1 Å². The molecule has 0 saturated carbocycles. The fourth-order valence-electron chi connectivity index (χ4n) is 2.94. The molecule has 3 rings (SSSR count). The standard InChI is InChI=1S/C18H20N4O3S2/c1-4-10(3)13(14(23)19-17-20-21-18(27-17)26-5-2)22-15(24)11-8-6-7-9-12(11)16(22)25/h6-10,13H,4-5H2,1-3H3,(H,19,20,23)/t10-,13-/m0/s1. The first-order valence-electron chi connectivity index (χ1n) is 8.72. The summed E-state index contributed by atoms with van der Waals surface area (Å²) >= 11 is 2.81. The molecule has 0 saturated heterocycles. The van der Waals surface area contributed by atoms with Gasteiger partial charge in [-0.1, -0.05) is 62.4 Å². The monoisotopic (exact) mass is 404 g/mol. The Balaban J connectivity index is 1.87. The molecule has 1 aromatic heterocycles. The number of rotatable bonds is 7. The molecule has 1 aromatic carbocycles. The van der Waals surface area contributed by atoms with Gasteiger partial charge in [0, 0.05) is 0 Å². The Morgan fingerprint density at radius 3 is 2.37 bits per heavy atom. The molecule has 3 amide bonds. The van der Waals surface area contributed by atoms with Crippen LogP contribution in [0.25, 0.3) is 0 Å². The number of hydrogen-bond acceptors (Lipinski definition) is 7. The molecule has 0 unspecified atom stereocenters. The van der Waals surface area contributed by atoms with Gasteiger partial charge in [-0.05, 0) is 23.8 Å². The van der Waals surface area contributed by atoms with E-state index in [1.54, 1.807) is 24.3 Å². The second-order valence-electron chi connectivity index (χ2n) is 6.15. The molecule has 2 atom stereocenters. The second-order valence-corrected chi connectivity index (χ2v) is 8.64. The minimum Gasteiger partial charge on any atom is -0.299 e. The summed E-state index contributed by atoms with van der Waals surface area (Å²) < 4.78 is 0.758. The molecule has 2 heterocycles. The van der Waals surface area contributed by atoms with Gasteiger partial charge in [-0.3, -0.25) is 24.6 Å². The first-order chi connectivity index (χ1) is 13.0. The van der Waals surface area contributed by atoms with Crippen molar-refractivity contribution in [1.29, 1.82) is 0 Å². The molecule has 7 nitrogen and oxygen atoms in total. The largest absolute Gasteiger partial charge is 0.299 e. The SMILES string of the molecule is CCSc1nnc(NC(=O)[C@H]([C@@H](C)CC)N2C(=O)c3ccccc3C2=O)s1. The number of nitrogens with one attached hydrogen (secondary N) is 1. The van der Waals surface area contributed by atoms with Crippen LogP contribution in [0.2, 0.25) is 0 Å². The van der Waals surface area contributed by atoms with Gasteiger partial charge in [-0.2, -0.15) is 0 Å². The van der Waals surface area contributed by atoms with E-state index in [0.29, 0.717) is 22.7 Å². The number of hydrogen-bond donors (Lipinski definition) is 1. The summed E-state index contributed by atoms with van der Waals surface area (Å²) in [4.78, 5) is 39.7. The summed E-state index contributed by atoms with van der Waals surface area (Å²) in [6, 6.07) is 5.73. The first-order valence-corrected chi connectivity index (χ1v) is 10.5. The number of carbonyl (C=O) groups excluding carboxylic acids is 3. The first kappa shape index (κ1) is 19.5. The minimum atomic E-state index is -0.909. The summed E-state index contributed by atoms with van der Waals surface area (Å²) in [5.41, 5.74) is 0.669. The molecule has 0 bridgehead atoms. The van der Waals surface area contributed by atoms with E-state index in [4.69, 9.17) is 0 Å². The molecular formula is C18H20N4O3S2. The summed E-state index contributed by atoms with van der Waals surface area (Å²) in [5, 5.41) is 11.1. The van der Waals surface area contributed by atoms with E-state index in [2.05, 4.69) is 15.5 Å². The molecular weight excluding hydrogens is 384 g/mol. The fourth-order valence-corrected chi connectivity index (χ4v) is 4.59. The van der Waals surface area contributed by atoms with Gasteiger partial charge in [-0.25, -0.2) is 0 Å². The van der Waals surface area contributed by atoms with E-state index in [-0.39, 0.29) is 5.92 Å². The molecule has 2 aromatic rings. The van der Waals surface area contributed by atoms with Crippen molar-refractivity contribution in [3.05, 3.63) is 35.4 Å². The van der Waals surface area contributed by atoms with Crippen molar-refractivity contribution in [3.8, 4) is 0 Å².